The summed E-state index contributed by atoms with van der Waals surface area (Å²) < 4.78 is 13.3. The van der Waals surface area contributed by atoms with E-state index in [1.165, 1.54) is 16.7 Å². The summed E-state index contributed by atoms with van der Waals surface area (Å²) in [5, 5.41) is 0.102. The van der Waals surface area contributed by atoms with Gasteiger partial charge in [-0.25, -0.2) is 0 Å². The highest BCUT2D eigenvalue weighted by Gasteiger charge is 2.40. The Kier molecular flexibility index (Phi) is 6.36. The van der Waals surface area contributed by atoms with E-state index in [2.05, 4.69) is 107 Å². The molecule has 0 aromatic heterocycles. The molecule has 3 heteroatoms. The van der Waals surface area contributed by atoms with Gasteiger partial charge >= 0.3 is 0 Å². The number of hydrogen-bond donors (Lipinski definition) is 0. The van der Waals surface area contributed by atoms with E-state index in [-0.39, 0.29) is 11.0 Å². The van der Waals surface area contributed by atoms with Gasteiger partial charge in [-0.05, 0) is 47.0 Å². The van der Waals surface area contributed by atoms with Crippen LogP contribution in [0.2, 0.25) is 18.1 Å². The second kappa shape index (κ2) is 9.07. The first kappa shape index (κ1) is 23.1. The van der Waals surface area contributed by atoms with Crippen molar-refractivity contribution in [2.75, 3.05) is 0 Å². The number of fused-ring (bicyclic) bond motifs is 1. The summed E-state index contributed by atoms with van der Waals surface area (Å²) in [4.78, 5) is 0. The number of hydrogen-bond acceptors (Lipinski definition) is 2. The Balaban J connectivity index is 1.94. The maximum absolute atomic E-state index is 6.80. The Morgan fingerprint density at radius 2 is 1.48 bits per heavy atom. The van der Waals surface area contributed by atoms with Crippen LogP contribution in [0.1, 0.15) is 48.9 Å². The summed E-state index contributed by atoms with van der Waals surface area (Å²) in [6.07, 6.45) is 2.02. The Labute approximate surface area is 199 Å². The van der Waals surface area contributed by atoms with Gasteiger partial charge in [0, 0.05) is 11.5 Å². The van der Waals surface area contributed by atoms with Crippen molar-refractivity contribution >= 4 is 19.6 Å². The average Bonchev–Trinajstić information content (AvgIpc) is 2.80. The minimum atomic E-state index is -2.03. The topological polar surface area (TPSA) is 18.5 Å². The molecule has 4 rings (SSSR count). The molecule has 170 valence electrons. The fraction of sp³-hybridized carbons (Fsp3) is 0.267. The van der Waals surface area contributed by atoms with Crippen LogP contribution >= 0.6 is 0 Å². The third kappa shape index (κ3) is 4.56. The van der Waals surface area contributed by atoms with Crippen LogP contribution in [0.4, 0.5) is 0 Å². The van der Waals surface area contributed by atoms with E-state index in [1.807, 2.05) is 18.2 Å². The molecule has 3 aromatic rings. The molecule has 1 aliphatic heterocycles. The van der Waals surface area contributed by atoms with Crippen molar-refractivity contribution in [3.05, 3.63) is 114 Å². The summed E-state index contributed by atoms with van der Waals surface area (Å²) in [6.45, 7) is 16.1. The molecule has 0 fully saturated rings. The number of para-hydroxylation sites is 1. The van der Waals surface area contributed by atoms with Gasteiger partial charge in [-0.3, -0.25) is 0 Å². The minimum Gasteiger partial charge on any atom is -0.543 e. The molecule has 0 amide bonds. The standard InChI is InChI=1S/C30H34O2Si/c1-7-24(22-15-9-8-10-16-22)28-25-18-12-11-17-23(25)21-31-29(28)26-19-13-14-20-27(26)32-33(5,6)30(2,3)4/h7-20,24H,1,21H2,2-6H3. The summed E-state index contributed by atoms with van der Waals surface area (Å²) in [5.74, 6) is 1.78. The lowest BCUT2D eigenvalue weighted by Crippen LogP contribution is -2.44. The van der Waals surface area contributed by atoms with Crippen molar-refractivity contribution in [2.24, 2.45) is 0 Å². The Morgan fingerprint density at radius 3 is 2.15 bits per heavy atom. The second-order valence-corrected chi connectivity index (χ2v) is 14.9. The molecule has 0 spiro atoms. The zero-order valence-corrected chi connectivity index (χ0v) is 21.4. The maximum atomic E-state index is 6.80. The quantitative estimate of drug-likeness (QED) is 0.275. The zero-order chi connectivity index (χ0) is 23.6. The van der Waals surface area contributed by atoms with Gasteiger partial charge in [0.1, 0.15) is 18.1 Å². The Hall–Kier alpha value is -3.04. The Morgan fingerprint density at radius 1 is 0.879 bits per heavy atom. The fourth-order valence-electron chi connectivity index (χ4n) is 4.04. The van der Waals surface area contributed by atoms with Gasteiger partial charge in [-0.15, -0.1) is 6.58 Å². The van der Waals surface area contributed by atoms with Gasteiger partial charge in [0.25, 0.3) is 8.32 Å². The third-order valence-electron chi connectivity index (χ3n) is 6.93. The predicted octanol–water partition coefficient (Wildman–Crippen LogP) is 8.44. The van der Waals surface area contributed by atoms with Crippen molar-refractivity contribution in [1.82, 2.24) is 0 Å². The number of benzene rings is 3. The summed E-state index contributed by atoms with van der Waals surface area (Å²) in [7, 11) is -2.03. The van der Waals surface area contributed by atoms with Crippen LogP contribution in [0.3, 0.4) is 0 Å². The third-order valence-corrected chi connectivity index (χ3v) is 11.3. The van der Waals surface area contributed by atoms with Crippen LogP contribution in [0.25, 0.3) is 11.3 Å². The van der Waals surface area contributed by atoms with Crippen LogP contribution < -0.4 is 4.43 Å². The number of allylic oxidation sites excluding steroid dienone is 2. The monoisotopic (exact) mass is 454 g/mol. The van der Waals surface area contributed by atoms with Crippen LogP contribution in [-0.2, 0) is 11.3 Å². The van der Waals surface area contributed by atoms with Crippen molar-refractivity contribution in [3.63, 3.8) is 0 Å². The first-order chi connectivity index (χ1) is 15.7. The molecule has 2 nitrogen and oxygen atoms in total. The molecule has 3 aromatic carbocycles. The number of rotatable bonds is 6. The molecule has 0 bridgehead atoms. The summed E-state index contributed by atoms with van der Waals surface area (Å²) in [6, 6.07) is 27.4. The molecule has 0 radical (unpaired) electrons. The smallest absolute Gasteiger partial charge is 0.250 e. The zero-order valence-electron chi connectivity index (χ0n) is 20.4. The fourth-order valence-corrected chi connectivity index (χ4v) is 5.08. The molecule has 1 unspecified atom stereocenters. The normalized spacial score (nSPS) is 14.8. The van der Waals surface area contributed by atoms with Crippen LogP contribution in [0, 0.1) is 0 Å². The minimum absolute atomic E-state index is 0.00331. The van der Waals surface area contributed by atoms with E-state index in [0.717, 1.165) is 22.6 Å². The molecular formula is C30H34O2Si. The maximum Gasteiger partial charge on any atom is 0.250 e. The molecule has 1 heterocycles. The van der Waals surface area contributed by atoms with Gasteiger partial charge in [0.15, 0.2) is 0 Å². The highest BCUT2D eigenvalue weighted by atomic mass is 28.4. The second-order valence-electron chi connectivity index (χ2n) is 10.2. The molecule has 0 N–H and O–H groups in total. The molecule has 0 saturated heterocycles. The highest BCUT2D eigenvalue weighted by Crippen LogP contribution is 2.47. The lowest BCUT2D eigenvalue weighted by atomic mass is 9.82. The van der Waals surface area contributed by atoms with Gasteiger partial charge in [-0.1, -0.05) is 93.6 Å². The van der Waals surface area contributed by atoms with Crippen molar-refractivity contribution in [3.8, 4) is 5.75 Å². The Bertz CT molecular complexity index is 1170. The summed E-state index contributed by atoms with van der Waals surface area (Å²) in [5.41, 5.74) is 5.76. The molecule has 0 saturated carbocycles. The van der Waals surface area contributed by atoms with Crippen LogP contribution in [0.15, 0.2) is 91.5 Å². The van der Waals surface area contributed by atoms with E-state index >= 15 is 0 Å². The van der Waals surface area contributed by atoms with E-state index < -0.39 is 8.32 Å². The van der Waals surface area contributed by atoms with E-state index in [4.69, 9.17) is 9.16 Å². The largest absolute Gasteiger partial charge is 0.543 e. The predicted molar refractivity (Wildman–Crippen MR) is 142 cm³/mol. The van der Waals surface area contributed by atoms with E-state index in [9.17, 15) is 0 Å². The van der Waals surface area contributed by atoms with Crippen molar-refractivity contribution < 1.29 is 9.16 Å². The lowest BCUT2D eigenvalue weighted by Gasteiger charge is -2.37. The first-order valence-corrected chi connectivity index (χ1v) is 14.5. The van der Waals surface area contributed by atoms with Crippen molar-refractivity contribution in [1.29, 1.82) is 0 Å². The van der Waals surface area contributed by atoms with Crippen molar-refractivity contribution in [2.45, 2.75) is 51.4 Å². The molecular weight excluding hydrogens is 420 g/mol. The average molecular weight is 455 g/mol. The molecule has 1 atom stereocenters. The van der Waals surface area contributed by atoms with Gasteiger partial charge in [0.2, 0.25) is 0 Å². The lowest BCUT2D eigenvalue weighted by molar-refractivity contribution is 0.259. The van der Waals surface area contributed by atoms with Crippen LogP contribution in [-0.4, -0.2) is 8.32 Å². The number of ether oxygens (including phenoxy) is 1. The van der Waals surface area contributed by atoms with E-state index in [0.29, 0.717) is 6.61 Å². The molecule has 33 heavy (non-hydrogen) atoms. The van der Waals surface area contributed by atoms with Gasteiger partial charge < -0.3 is 9.16 Å². The molecule has 1 aliphatic rings. The SMILES string of the molecule is C=CC(C1=C(c2ccccc2O[Si](C)(C)C(C)(C)C)OCc2ccccc21)c1ccccc1. The van der Waals surface area contributed by atoms with E-state index in [1.54, 1.807) is 0 Å². The van der Waals surface area contributed by atoms with Gasteiger partial charge in [-0.2, -0.15) is 0 Å². The van der Waals surface area contributed by atoms with Crippen LogP contribution in [0.5, 0.6) is 5.75 Å². The highest BCUT2D eigenvalue weighted by molar-refractivity contribution is 6.74. The molecule has 0 aliphatic carbocycles. The van der Waals surface area contributed by atoms with Gasteiger partial charge in [0.05, 0.1) is 5.56 Å². The first-order valence-electron chi connectivity index (χ1n) is 11.6. The summed E-state index contributed by atoms with van der Waals surface area (Å²) >= 11 is 0.